The van der Waals surface area contributed by atoms with Gasteiger partial charge in [-0.15, -0.1) is 0 Å². The van der Waals surface area contributed by atoms with E-state index in [1.807, 2.05) is 0 Å². The van der Waals surface area contributed by atoms with Crippen molar-refractivity contribution in [1.82, 2.24) is 5.32 Å². The van der Waals surface area contributed by atoms with Gasteiger partial charge in [0, 0.05) is 0 Å². The number of carbonyl (C=O) groups is 1. The highest BCUT2D eigenvalue weighted by Crippen LogP contribution is 2.15. The fraction of sp³-hybridized carbons (Fsp3) is 0.857. The van der Waals surface area contributed by atoms with Crippen molar-refractivity contribution >= 4 is 5.91 Å². The number of hydrogen-bond acceptors (Lipinski definition) is 5. The van der Waals surface area contributed by atoms with Crippen LogP contribution in [0.5, 0.6) is 0 Å². The quantitative estimate of drug-likeness (QED) is 0.0442. The van der Waals surface area contributed by atoms with Crippen molar-refractivity contribution in [3.8, 4) is 0 Å². The molecular weight excluding hydrogens is 514 g/mol. The number of carbonyl (C=O) groups excluding carboxylic acids is 1. The van der Waals surface area contributed by atoms with Crippen molar-refractivity contribution in [2.45, 2.75) is 186 Å². The second-order valence-electron chi connectivity index (χ2n) is 11.8. The predicted molar refractivity (Wildman–Crippen MR) is 173 cm³/mol. The minimum atomic E-state index is -1.28. The second kappa shape index (κ2) is 30.3. The average Bonchev–Trinajstić information content (AvgIpc) is 2.98. The van der Waals surface area contributed by atoms with Crippen molar-refractivity contribution in [2.24, 2.45) is 0 Å². The molecule has 0 saturated carbocycles. The predicted octanol–water partition coefficient (Wildman–Crippen LogP) is 7.67. The lowest BCUT2D eigenvalue weighted by molar-refractivity contribution is -0.132. The molecule has 4 unspecified atom stereocenters. The Morgan fingerprint density at radius 2 is 1.05 bits per heavy atom. The van der Waals surface area contributed by atoms with E-state index in [0.717, 1.165) is 44.9 Å². The number of nitrogens with one attached hydrogen (secondary N) is 1. The van der Waals surface area contributed by atoms with Gasteiger partial charge in [0.2, 0.25) is 5.91 Å². The fourth-order valence-corrected chi connectivity index (χ4v) is 5.07. The maximum atomic E-state index is 12.4. The first-order valence-electron chi connectivity index (χ1n) is 17.2. The summed E-state index contributed by atoms with van der Waals surface area (Å²) in [5.74, 6) is -0.600. The number of amides is 1. The summed E-state index contributed by atoms with van der Waals surface area (Å²) in [7, 11) is 0. The molecule has 0 bridgehead atoms. The average molecular weight is 582 g/mol. The molecule has 0 aliphatic carbocycles. The molecule has 41 heavy (non-hydrogen) atoms. The Morgan fingerprint density at radius 3 is 1.54 bits per heavy atom. The lowest BCUT2D eigenvalue weighted by atomic mass is 10.00. The van der Waals surface area contributed by atoms with Crippen molar-refractivity contribution in [3.05, 3.63) is 24.3 Å². The summed E-state index contributed by atoms with van der Waals surface area (Å²) < 4.78 is 0. The van der Waals surface area contributed by atoms with E-state index >= 15 is 0 Å². The Balaban J connectivity index is 3.87. The topological polar surface area (TPSA) is 110 Å². The van der Waals surface area contributed by atoms with E-state index in [1.165, 1.54) is 83.5 Å². The number of aliphatic hydroxyl groups is 4. The summed E-state index contributed by atoms with van der Waals surface area (Å²) in [6.07, 6.45) is 30.6. The first-order valence-corrected chi connectivity index (χ1v) is 17.2. The van der Waals surface area contributed by atoms with E-state index in [-0.39, 0.29) is 0 Å². The Kier molecular flexibility index (Phi) is 29.4. The van der Waals surface area contributed by atoms with Gasteiger partial charge in [-0.3, -0.25) is 4.79 Å². The van der Waals surface area contributed by atoms with Crippen LogP contribution in [0.25, 0.3) is 0 Å². The molecule has 1 amide bonds. The molecule has 4 atom stereocenters. The van der Waals surface area contributed by atoms with Gasteiger partial charge in [-0.25, -0.2) is 0 Å². The summed E-state index contributed by atoms with van der Waals surface area (Å²) in [6.45, 7) is 3.93. The van der Waals surface area contributed by atoms with E-state index in [0.29, 0.717) is 19.3 Å². The van der Waals surface area contributed by atoms with Crippen LogP contribution in [0.3, 0.4) is 0 Å². The van der Waals surface area contributed by atoms with Crippen LogP contribution in [0.1, 0.15) is 162 Å². The molecule has 0 heterocycles. The highest BCUT2D eigenvalue weighted by Gasteiger charge is 2.28. The zero-order valence-corrected chi connectivity index (χ0v) is 26.8. The summed E-state index contributed by atoms with van der Waals surface area (Å²) in [4.78, 5) is 12.4. The molecule has 5 N–H and O–H groups in total. The molecule has 0 rings (SSSR count). The molecule has 0 fully saturated rings. The van der Waals surface area contributed by atoms with Crippen LogP contribution in [0.2, 0.25) is 0 Å². The third-order valence-electron chi connectivity index (χ3n) is 7.87. The largest absolute Gasteiger partial charge is 0.394 e. The van der Waals surface area contributed by atoms with Gasteiger partial charge in [0.05, 0.1) is 18.8 Å². The first kappa shape index (κ1) is 39.8. The van der Waals surface area contributed by atoms with Gasteiger partial charge in [0.15, 0.2) is 0 Å². The molecule has 0 aromatic heterocycles. The molecule has 0 aliphatic rings. The van der Waals surface area contributed by atoms with Crippen LogP contribution in [-0.4, -0.2) is 57.3 Å². The zero-order chi connectivity index (χ0) is 30.4. The van der Waals surface area contributed by atoms with Gasteiger partial charge in [-0.2, -0.15) is 0 Å². The molecule has 0 aliphatic heterocycles. The highest BCUT2D eigenvalue weighted by atomic mass is 16.3. The van der Waals surface area contributed by atoms with Crippen LogP contribution >= 0.6 is 0 Å². The van der Waals surface area contributed by atoms with Gasteiger partial charge in [0.25, 0.3) is 0 Å². The van der Waals surface area contributed by atoms with E-state index in [2.05, 4.69) is 43.5 Å². The lowest BCUT2D eigenvalue weighted by Gasteiger charge is -2.27. The number of rotatable bonds is 30. The monoisotopic (exact) mass is 582 g/mol. The molecule has 6 nitrogen and oxygen atoms in total. The molecule has 0 radical (unpaired) electrons. The van der Waals surface area contributed by atoms with Crippen LogP contribution in [0, 0.1) is 0 Å². The third-order valence-corrected chi connectivity index (χ3v) is 7.87. The number of unbranched alkanes of at least 4 members (excludes halogenated alkanes) is 17. The first-order chi connectivity index (χ1) is 20.0. The van der Waals surface area contributed by atoms with Crippen LogP contribution in [0.4, 0.5) is 0 Å². The van der Waals surface area contributed by atoms with Crippen LogP contribution in [-0.2, 0) is 4.79 Å². The zero-order valence-electron chi connectivity index (χ0n) is 26.8. The fourth-order valence-electron chi connectivity index (χ4n) is 5.07. The minimum Gasteiger partial charge on any atom is -0.394 e. The Hall–Kier alpha value is -1.21. The summed E-state index contributed by atoms with van der Waals surface area (Å²) in [5.41, 5.74) is 0. The molecule has 0 aromatic rings. The van der Waals surface area contributed by atoms with E-state index in [9.17, 15) is 25.2 Å². The smallest absolute Gasteiger partial charge is 0.249 e. The van der Waals surface area contributed by atoms with E-state index in [1.54, 1.807) is 0 Å². The molecule has 0 aromatic carbocycles. The van der Waals surface area contributed by atoms with Crippen molar-refractivity contribution in [3.63, 3.8) is 0 Å². The van der Waals surface area contributed by atoms with Crippen molar-refractivity contribution < 1.29 is 25.2 Å². The van der Waals surface area contributed by atoms with Crippen molar-refractivity contribution in [2.75, 3.05) is 6.61 Å². The number of allylic oxidation sites excluding steroid dienone is 4. The molecular formula is C35H67NO5. The summed E-state index contributed by atoms with van der Waals surface area (Å²) in [6, 6.07) is -1.00. The maximum Gasteiger partial charge on any atom is 0.249 e. The lowest BCUT2D eigenvalue weighted by Crippen LogP contribution is -2.53. The van der Waals surface area contributed by atoms with Gasteiger partial charge in [-0.05, 0) is 44.9 Å². The number of aliphatic hydroxyl groups excluding tert-OH is 4. The SMILES string of the molecule is CCC/C=C/CC/C=C/CCCC(O)C(O)C(CO)NC(=O)C(O)CCCCCCCCCCCCCCCCC. The van der Waals surface area contributed by atoms with E-state index in [4.69, 9.17) is 0 Å². The number of hydrogen-bond donors (Lipinski definition) is 5. The Labute approximate surface area is 253 Å². The second-order valence-corrected chi connectivity index (χ2v) is 11.8. The highest BCUT2D eigenvalue weighted by molar-refractivity contribution is 5.80. The maximum absolute atomic E-state index is 12.4. The Bertz CT molecular complexity index is 624. The summed E-state index contributed by atoms with van der Waals surface area (Å²) >= 11 is 0. The molecule has 242 valence electrons. The van der Waals surface area contributed by atoms with E-state index < -0.39 is 36.9 Å². The van der Waals surface area contributed by atoms with Crippen LogP contribution < -0.4 is 5.32 Å². The van der Waals surface area contributed by atoms with Gasteiger partial charge in [0.1, 0.15) is 12.2 Å². The normalized spacial score (nSPS) is 15.0. The van der Waals surface area contributed by atoms with Gasteiger partial charge < -0.3 is 25.7 Å². The van der Waals surface area contributed by atoms with Crippen molar-refractivity contribution in [1.29, 1.82) is 0 Å². The minimum absolute atomic E-state index is 0.363. The molecule has 0 saturated heterocycles. The standard InChI is InChI=1S/C35H67NO5/c1-3-5-7-9-11-13-15-16-17-18-19-21-23-25-27-29-33(39)35(41)36-31(30-37)34(40)32(38)28-26-24-22-20-14-12-10-8-6-4-2/h8,10,20,22,31-34,37-40H,3-7,9,11-19,21,23-30H2,1-2H3,(H,36,41)/b10-8+,22-20+. The van der Waals surface area contributed by atoms with Gasteiger partial charge >= 0.3 is 0 Å². The van der Waals surface area contributed by atoms with Gasteiger partial charge in [-0.1, -0.05) is 141 Å². The molecule has 0 spiro atoms. The third kappa shape index (κ3) is 25.0. The molecule has 6 heteroatoms. The Morgan fingerprint density at radius 1 is 0.585 bits per heavy atom. The van der Waals surface area contributed by atoms with Crippen LogP contribution in [0.15, 0.2) is 24.3 Å². The summed E-state index contributed by atoms with van der Waals surface area (Å²) in [5, 5.41) is 43.2.